The van der Waals surface area contributed by atoms with E-state index in [1.54, 1.807) is 31.2 Å². The Bertz CT molecular complexity index is 890. The fourth-order valence-corrected chi connectivity index (χ4v) is 3.42. The number of para-hydroxylation sites is 1. The fraction of sp³-hybridized carbons (Fsp3) is 0.176. The molecule has 25 heavy (non-hydrogen) atoms. The second-order valence-corrected chi connectivity index (χ2v) is 7.44. The minimum Gasteiger partial charge on any atom is -0.410 e. The molecule has 1 N–H and O–H groups in total. The van der Waals surface area contributed by atoms with E-state index in [2.05, 4.69) is 15.5 Å². The number of nitrogens with zero attached hydrogens (tertiary/aromatic N) is 2. The lowest BCUT2D eigenvalue weighted by atomic mass is 10.1. The topological polar surface area (TPSA) is 85.1 Å². The first-order valence-electron chi connectivity index (χ1n) is 7.49. The number of aromatic nitrogens is 2. The molecule has 0 bridgehead atoms. The van der Waals surface area contributed by atoms with Crippen molar-refractivity contribution in [3.8, 4) is 10.8 Å². The van der Waals surface area contributed by atoms with Crippen LogP contribution >= 0.6 is 23.1 Å². The Morgan fingerprint density at radius 3 is 2.72 bits per heavy atom. The van der Waals surface area contributed by atoms with Gasteiger partial charge in [-0.05, 0) is 37.4 Å². The van der Waals surface area contributed by atoms with Gasteiger partial charge in [-0.1, -0.05) is 30.0 Å². The summed E-state index contributed by atoms with van der Waals surface area (Å²) in [6, 6.07) is 10.7. The molecular weight excluding hydrogens is 358 g/mol. The van der Waals surface area contributed by atoms with Gasteiger partial charge in [0, 0.05) is 5.56 Å². The lowest BCUT2D eigenvalue weighted by Crippen LogP contribution is -2.23. The van der Waals surface area contributed by atoms with Gasteiger partial charge in [0.1, 0.15) is 0 Å². The van der Waals surface area contributed by atoms with E-state index in [1.165, 1.54) is 30.0 Å². The van der Waals surface area contributed by atoms with Crippen molar-refractivity contribution in [3.05, 3.63) is 47.3 Å². The Morgan fingerprint density at radius 2 is 2.00 bits per heavy atom. The van der Waals surface area contributed by atoms with Crippen LogP contribution in [0.15, 0.2) is 51.4 Å². The average molecular weight is 373 g/mol. The molecule has 0 fully saturated rings. The quantitative estimate of drug-likeness (QED) is 0.517. The molecule has 2 heterocycles. The third-order valence-corrected chi connectivity index (χ3v) is 5.14. The summed E-state index contributed by atoms with van der Waals surface area (Å²) in [7, 11) is 0. The molecule has 0 saturated heterocycles. The molecule has 128 valence electrons. The molecule has 1 aromatic carbocycles. The number of hydrogen-bond donors (Lipinski definition) is 1. The van der Waals surface area contributed by atoms with Crippen LogP contribution in [0.2, 0.25) is 0 Å². The van der Waals surface area contributed by atoms with Gasteiger partial charge in [-0.2, -0.15) is 0 Å². The van der Waals surface area contributed by atoms with E-state index in [9.17, 15) is 9.59 Å². The number of ketones is 1. The Morgan fingerprint density at radius 1 is 1.20 bits per heavy atom. The van der Waals surface area contributed by atoms with E-state index in [0.717, 1.165) is 4.88 Å². The van der Waals surface area contributed by atoms with Crippen LogP contribution in [0.4, 0.5) is 5.69 Å². The number of anilines is 1. The molecule has 0 radical (unpaired) electrons. The SMILES string of the molecule is CC(=O)c1ccccc1NC(=O)[C@H](C)Sc1nnc(-c2cccs2)o1. The van der Waals surface area contributed by atoms with Crippen molar-refractivity contribution in [2.45, 2.75) is 24.3 Å². The number of thiophene rings is 1. The highest BCUT2D eigenvalue weighted by Gasteiger charge is 2.20. The van der Waals surface area contributed by atoms with Gasteiger partial charge in [-0.15, -0.1) is 21.5 Å². The highest BCUT2D eigenvalue weighted by molar-refractivity contribution is 8.00. The minimum atomic E-state index is -0.461. The molecule has 1 atom stereocenters. The molecule has 2 aromatic heterocycles. The zero-order valence-electron chi connectivity index (χ0n) is 13.6. The standard InChI is InChI=1S/C17H15N3O3S2/c1-10(21)12-6-3-4-7-13(12)18-15(22)11(2)25-17-20-19-16(23-17)14-8-5-9-24-14/h3-9,11H,1-2H3,(H,18,22)/t11-/m0/s1. The summed E-state index contributed by atoms with van der Waals surface area (Å²) in [6.07, 6.45) is 0. The summed E-state index contributed by atoms with van der Waals surface area (Å²) < 4.78 is 5.58. The second kappa shape index (κ2) is 7.62. The second-order valence-electron chi connectivity index (χ2n) is 5.20. The van der Waals surface area contributed by atoms with Gasteiger partial charge in [-0.3, -0.25) is 9.59 Å². The summed E-state index contributed by atoms with van der Waals surface area (Å²) in [5.74, 6) is 0.0929. The Hall–Kier alpha value is -2.45. The third-order valence-electron chi connectivity index (χ3n) is 3.35. The molecule has 0 spiro atoms. The maximum atomic E-state index is 12.4. The van der Waals surface area contributed by atoms with Crippen LogP contribution < -0.4 is 5.32 Å². The fourth-order valence-electron chi connectivity index (χ4n) is 2.10. The predicted molar refractivity (Wildman–Crippen MR) is 98.0 cm³/mol. The van der Waals surface area contributed by atoms with Crippen molar-refractivity contribution in [2.75, 3.05) is 5.32 Å². The lowest BCUT2D eigenvalue weighted by molar-refractivity contribution is -0.115. The van der Waals surface area contributed by atoms with E-state index in [1.807, 2.05) is 17.5 Å². The first-order valence-corrected chi connectivity index (χ1v) is 9.25. The zero-order valence-corrected chi connectivity index (χ0v) is 15.2. The van der Waals surface area contributed by atoms with Crippen LogP contribution in [0.5, 0.6) is 0 Å². The van der Waals surface area contributed by atoms with Crippen LogP contribution in [-0.2, 0) is 4.79 Å². The zero-order chi connectivity index (χ0) is 17.8. The Kier molecular flexibility index (Phi) is 5.30. The number of rotatable bonds is 6. The summed E-state index contributed by atoms with van der Waals surface area (Å²) in [5.41, 5.74) is 0.975. The molecular formula is C17H15N3O3S2. The van der Waals surface area contributed by atoms with E-state index in [-0.39, 0.29) is 11.7 Å². The molecule has 1 amide bonds. The number of Topliss-reactive ketones (excluding diaryl/α,β-unsaturated/α-hetero) is 1. The average Bonchev–Trinajstić information content (AvgIpc) is 3.26. The van der Waals surface area contributed by atoms with Crippen LogP contribution in [0.3, 0.4) is 0 Å². The van der Waals surface area contributed by atoms with Crippen LogP contribution in [0, 0.1) is 0 Å². The van der Waals surface area contributed by atoms with Gasteiger partial charge < -0.3 is 9.73 Å². The highest BCUT2D eigenvalue weighted by Crippen LogP contribution is 2.29. The molecule has 3 rings (SSSR count). The number of thioether (sulfide) groups is 1. The highest BCUT2D eigenvalue weighted by atomic mass is 32.2. The van der Waals surface area contributed by atoms with E-state index >= 15 is 0 Å². The first kappa shape index (κ1) is 17.4. The lowest BCUT2D eigenvalue weighted by Gasteiger charge is -2.12. The summed E-state index contributed by atoms with van der Waals surface area (Å²) in [4.78, 5) is 24.9. The number of amides is 1. The molecule has 3 aromatic rings. The summed E-state index contributed by atoms with van der Waals surface area (Å²) in [6.45, 7) is 3.21. The number of carbonyl (C=O) groups excluding carboxylic acids is 2. The van der Waals surface area contributed by atoms with Gasteiger partial charge in [-0.25, -0.2) is 0 Å². The molecule has 0 saturated carbocycles. The molecule has 0 aliphatic rings. The van der Waals surface area contributed by atoms with Crippen LogP contribution in [0.25, 0.3) is 10.8 Å². The van der Waals surface area contributed by atoms with Crippen LogP contribution in [-0.4, -0.2) is 27.1 Å². The number of nitrogens with one attached hydrogen (secondary N) is 1. The Labute approximate surface area is 152 Å². The van der Waals surface area contributed by atoms with Gasteiger partial charge in [0.15, 0.2) is 5.78 Å². The third kappa shape index (κ3) is 4.15. The molecule has 0 aliphatic heterocycles. The summed E-state index contributed by atoms with van der Waals surface area (Å²) in [5, 5.41) is 12.5. The Balaban J connectivity index is 1.66. The summed E-state index contributed by atoms with van der Waals surface area (Å²) >= 11 is 2.67. The van der Waals surface area contributed by atoms with Gasteiger partial charge in [0.2, 0.25) is 5.91 Å². The van der Waals surface area contributed by atoms with Crippen LogP contribution in [0.1, 0.15) is 24.2 Å². The van der Waals surface area contributed by atoms with Crippen molar-refractivity contribution in [2.24, 2.45) is 0 Å². The van der Waals surface area contributed by atoms with Crippen molar-refractivity contribution in [3.63, 3.8) is 0 Å². The first-order chi connectivity index (χ1) is 12.0. The molecule has 8 heteroatoms. The van der Waals surface area contributed by atoms with Gasteiger partial charge in [0.25, 0.3) is 11.1 Å². The minimum absolute atomic E-state index is 0.103. The van der Waals surface area contributed by atoms with Crippen molar-refractivity contribution in [1.82, 2.24) is 10.2 Å². The maximum absolute atomic E-state index is 12.4. The largest absolute Gasteiger partial charge is 0.410 e. The predicted octanol–water partition coefficient (Wildman–Crippen LogP) is 4.12. The molecule has 0 unspecified atom stereocenters. The molecule has 6 nitrogen and oxygen atoms in total. The van der Waals surface area contributed by atoms with E-state index in [4.69, 9.17) is 4.42 Å². The smallest absolute Gasteiger partial charge is 0.277 e. The number of benzene rings is 1. The maximum Gasteiger partial charge on any atom is 0.277 e. The normalized spacial score (nSPS) is 11.9. The van der Waals surface area contributed by atoms with Crippen molar-refractivity contribution < 1.29 is 14.0 Å². The monoisotopic (exact) mass is 373 g/mol. The van der Waals surface area contributed by atoms with Crippen molar-refractivity contribution in [1.29, 1.82) is 0 Å². The van der Waals surface area contributed by atoms with E-state index in [0.29, 0.717) is 22.4 Å². The van der Waals surface area contributed by atoms with Gasteiger partial charge >= 0.3 is 0 Å². The van der Waals surface area contributed by atoms with Gasteiger partial charge in [0.05, 0.1) is 15.8 Å². The van der Waals surface area contributed by atoms with E-state index < -0.39 is 5.25 Å². The van der Waals surface area contributed by atoms with Crippen molar-refractivity contribution >= 4 is 40.5 Å². The molecule has 0 aliphatic carbocycles. The number of hydrogen-bond acceptors (Lipinski definition) is 7. The number of carbonyl (C=O) groups is 2.